The molecular formula is C17H13FN2O2S2. The molecule has 122 valence electrons. The van der Waals surface area contributed by atoms with Crippen molar-refractivity contribution in [2.75, 3.05) is 4.72 Å². The Morgan fingerprint density at radius 1 is 1.17 bits per heavy atom. The topological polar surface area (TPSA) is 62.2 Å². The number of thiazole rings is 1. The Bertz CT molecular complexity index is 861. The second-order valence-corrected chi connectivity index (χ2v) is 6.97. The number of aromatic nitrogens is 1. The van der Waals surface area contributed by atoms with Gasteiger partial charge >= 0.3 is 5.97 Å². The Kier molecular flexibility index (Phi) is 4.82. The van der Waals surface area contributed by atoms with Gasteiger partial charge in [0.15, 0.2) is 0 Å². The first-order valence-corrected chi connectivity index (χ1v) is 8.66. The fraction of sp³-hybridized carbons (Fsp3) is 0.0588. The van der Waals surface area contributed by atoms with Crippen molar-refractivity contribution >= 4 is 34.9 Å². The lowest BCUT2D eigenvalue weighted by molar-refractivity contribution is 0.0697. The lowest BCUT2D eigenvalue weighted by atomic mass is 10.2. The van der Waals surface area contributed by atoms with Gasteiger partial charge in [0, 0.05) is 28.1 Å². The summed E-state index contributed by atoms with van der Waals surface area (Å²) in [5.74, 6) is -1.22. The molecule has 4 nitrogen and oxygen atoms in total. The molecule has 7 heteroatoms. The number of nitrogens with zero attached hydrogens (tertiary/aromatic N) is 1. The van der Waals surface area contributed by atoms with Crippen LogP contribution in [0.15, 0.2) is 53.6 Å². The molecule has 3 rings (SSSR count). The van der Waals surface area contributed by atoms with Gasteiger partial charge in [0.25, 0.3) is 0 Å². The predicted octanol–water partition coefficient (Wildman–Crippen LogP) is 5.08. The number of aryl methyl sites for hydroxylation is 1. The van der Waals surface area contributed by atoms with Gasteiger partial charge < -0.3 is 9.83 Å². The fourth-order valence-corrected chi connectivity index (χ4v) is 3.73. The molecule has 0 aliphatic rings. The second-order valence-electron chi connectivity index (χ2n) is 4.97. The monoisotopic (exact) mass is 360 g/mol. The summed E-state index contributed by atoms with van der Waals surface area (Å²) in [4.78, 5) is 16.5. The van der Waals surface area contributed by atoms with Crippen molar-refractivity contribution in [2.45, 2.75) is 11.9 Å². The van der Waals surface area contributed by atoms with Crippen LogP contribution < -0.4 is 4.72 Å². The van der Waals surface area contributed by atoms with E-state index in [0.29, 0.717) is 0 Å². The zero-order valence-corrected chi connectivity index (χ0v) is 14.2. The highest BCUT2D eigenvalue weighted by molar-refractivity contribution is 8.00. The average molecular weight is 360 g/mol. The van der Waals surface area contributed by atoms with E-state index >= 15 is 0 Å². The van der Waals surface area contributed by atoms with Crippen LogP contribution in [0.1, 0.15) is 15.2 Å². The van der Waals surface area contributed by atoms with E-state index in [2.05, 4.69) is 9.71 Å². The highest BCUT2D eigenvalue weighted by atomic mass is 32.2. The van der Waals surface area contributed by atoms with E-state index in [1.165, 1.54) is 24.1 Å². The van der Waals surface area contributed by atoms with Gasteiger partial charge in [-0.1, -0.05) is 0 Å². The van der Waals surface area contributed by atoms with Crippen LogP contribution >= 0.6 is 23.3 Å². The summed E-state index contributed by atoms with van der Waals surface area (Å²) >= 11 is 2.90. The number of halogens is 1. The standard InChI is InChI=1S/C17H13FN2O2S2/c1-10-15(19-16(23-10)11-2-6-13(18)7-3-11)24-20-14-8-4-12(5-9-14)17(21)22/h2-9,20H,1H3,(H,21,22). The molecule has 0 saturated heterocycles. The van der Waals surface area contributed by atoms with Gasteiger partial charge in [-0.15, -0.1) is 11.3 Å². The molecule has 0 fully saturated rings. The minimum Gasteiger partial charge on any atom is -0.478 e. The van der Waals surface area contributed by atoms with E-state index in [0.717, 1.165) is 26.2 Å². The van der Waals surface area contributed by atoms with Crippen molar-refractivity contribution in [2.24, 2.45) is 0 Å². The van der Waals surface area contributed by atoms with Crippen LogP contribution in [0.3, 0.4) is 0 Å². The van der Waals surface area contributed by atoms with Crippen molar-refractivity contribution in [3.63, 3.8) is 0 Å². The molecule has 24 heavy (non-hydrogen) atoms. The molecule has 0 atom stereocenters. The number of hydrogen-bond donors (Lipinski definition) is 2. The smallest absolute Gasteiger partial charge is 0.335 e. The molecule has 2 N–H and O–H groups in total. The van der Waals surface area contributed by atoms with Crippen LogP contribution in [0.4, 0.5) is 10.1 Å². The van der Waals surface area contributed by atoms with Crippen molar-refractivity contribution in [1.82, 2.24) is 4.98 Å². The summed E-state index contributed by atoms with van der Waals surface area (Å²) in [5, 5.41) is 10.6. The predicted molar refractivity (Wildman–Crippen MR) is 95.1 cm³/mol. The second kappa shape index (κ2) is 7.02. The molecule has 0 unspecified atom stereocenters. The molecule has 0 spiro atoms. The first kappa shape index (κ1) is 16.5. The van der Waals surface area contributed by atoms with Crippen molar-refractivity contribution < 1.29 is 14.3 Å². The van der Waals surface area contributed by atoms with Gasteiger partial charge in [-0.2, -0.15) is 0 Å². The molecule has 0 aliphatic heterocycles. The maximum atomic E-state index is 13.0. The van der Waals surface area contributed by atoms with Crippen LogP contribution in [0, 0.1) is 12.7 Å². The summed E-state index contributed by atoms with van der Waals surface area (Å²) < 4.78 is 16.2. The molecule has 0 aliphatic carbocycles. The number of anilines is 1. The fourth-order valence-electron chi connectivity index (χ4n) is 1.98. The average Bonchev–Trinajstić information content (AvgIpc) is 2.95. The van der Waals surface area contributed by atoms with Gasteiger partial charge in [0.05, 0.1) is 5.56 Å². The van der Waals surface area contributed by atoms with Crippen LogP contribution in [-0.2, 0) is 0 Å². The Labute approximate surface area is 146 Å². The quantitative estimate of drug-likeness (QED) is 0.622. The van der Waals surface area contributed by atoms with E-state index in [9.17, 15) is 9.18 Å². The third-order valence-corrected chi connectivity index (χ3v) is 5.32. The van der Waals surface area contributed by atoms with E-state index in [-0.39, 0.29) is 11.4 Å². The molecule has 0 radical (unpaired) electrons. The van der Waals surface area contributed by atoms with Gasteiger partial charge in [-0.25, -0.2) is 14.2 Å². The summed E-state index contributed by atoms with van der Waals surface area (Å²) in [6, 6.07) is 12.8. The Morgan fingerprint density at radius 3 is 2.46 bits per heavy atom. The van der Waals surface area contributed by atoms with Gasteiger partial charge in [-0.05, 0) is 55.5 Å². The maximum Gasteiger partial charge on any atom is 0.335 e. The molecule has 2 aromatic carbocycles. The zero-order chi connectivity index (χ0) is 17.1. The molecule has 1 aromatic heterocycles. The van der Waals surface area contributed by atoms with Gasteiger partial charge in [-0.3, -0.25) is 0 Å². The first-order valence-electron chi connectivity index (χ1n) is 7.02. The lowest BCUT2D eigenvalue weighted by Crippen LogP contribution is -1.96. The largest absolute Gasteiger partial charge is 0.478 e. The van der Waals surface area contributed by atoms with Gasteiger partial charge in [0.2, 0.25) is 0 Å². The van der Waals surface area contributed by atoms with E-state index in [1.807, 2.05) is 6.92 Å². The molecule has 0 amide bonds. The third-order valence-electron chi connectivity index (χ3n) is 3.24. The Morgan fingerprint density at radius 2 is 1.83 bits per heavy atom. The number of benzene rings is 2. The highest BCUT2D eigenvalue weighted by Crippen LogP contribution is 2.33. The summed E-state index contributed by atoms with van der Waals surface area (Å²) in [5.41, 5.74) is 1.91. The molecule has 0 saturated carbocycles. The molecular weight excluding hydrogens is 347 g/mol. The van der Waals surface area contributed by atoms with Crippen molar-refractivity contribution in [3.05, 3.63) is 64.8 Å². The molecule has 0 bridgehead atoms. The zero-order valence-electron chi connectivity index (χ0n) is 12.6. The Hall–Kier alpha value is -2.38. The van der Waals surface area contributed by atoms with Crippen molar-refractivity contribution in [1.29, 1.82) is 0 Å². The Balaban J connectivity index is 1.71. The number of rotatable bonds is 5. The number of carbonyl (C=O) groups is 1. The van der Waals surface area contributed by atoms with Crippen LogP contribution in [0.25, 0.3) is 10.6 Å². The van der Waals surface area contributed by atoms with Crippen LogP contribution in [-0.4, -0.2) is 16.1 Å². The first-order chi connectivity index (χ1) is 11.5. The van der Waals surface area contributed by atoms with E-state index in [1.54, 1.807) is 47.7 Å². The summed E-state index contributed by atoms with van der Waals surface area (Å²) in [7, 11) is 0. The number of nitrogens with one attached hydrogen (secondary N) is 1. The number of carboxylic acids is 1. The SMILES string of the molecule is Cc1sc(-c2ccc(F)cc2)nc1SNc1ccc(C(=O)O)cc1. The lowest BCUT2D eigenvalue weighted by Gasteiger charge is -2.04. The number of carboxylic acid groups (broad SMARTS) is 1. The molecule has 1 heterocycles. The third kappa shape index (κ3) is 3.74. The van der Waals surface area contributed by atoms with Crippen molar-refractivity contribution in [3.8, 4) is 10.6 Å². The maximum absolute atomic E-state index is 13.0. The minimum absolute atomic E-state index is 0.244. The number of aromatic carboxylic acids is 1. The summed E-state index contributed by atoms with van der Waals surface area (Å²) in [6.07, 6.45) is 0. The van der Waals surface area contributed by atoms with Crippen LogP contribution in [0.2, 0.25) is 0 Å². The van der Waals surface area contributed by atoms with Crippen LogP contribution in [0.5, 0.6) is 0 Å². The normalized spacial score (nSPS) is 10.6. The van der Waals surface area contributed by atoms with Gasteiger partial charge in [0.1, 0.15) is 15.9 Å². The van der Waals surface area contributed by atoms with E-state index < -0.39 is 5.97 Å². The highest BCUT2D eigenvalue weighted by Gasteiger charge is 2.11. The summed E-state index contributed by atoms with van der Waals surface area (Å²) in [6.45, 7) is 1.97. The van der Waals surface area contributed by atoms with E-state index in [4.69, 9.17) is 5.11 Å². The molecule has 3 aromatic rings. The minimum atomic E-state index is -0.950. The number of hydrogen-bond acceptors (Lipinski definition) is 5.